The van der Waals surface area contributed by atoms with Gasteiger partial charge in [-0.15, -0.1) is 0 Å². The highest BCUT2D eigenvalue weighted by Crippen LogP contribution is 2.28. The zero-order chi connectivity index (χ0) is 14.9. The molecule has 1 heterocycles. The van der Waals surface area contributed by atoms with Gasteiger partial charge >= 0.3 is 12.0 Å². The van der Waals surface area contributed by atoms with Gasteiger partial charge in [-0.25, -0.2) is 4.79 Å². The number of carbonyl (C=O) groups is 2. The van der Waals surface area contributed by atoms with Gasteiger partial charge in [0.2, 0.25) is 0 Å². The second-order valence-electron chi connectivity index (χ2n) is 4.85. The molecule has 2 amide bonds. The lowest BCUT2D eigenvalue weighted by Gasteiger charge is -2.41. The largest absolute Gasteiger partial charge is 0.481 e. The lowest BCUT2D eigenvalue weighted by Crippen LogP contribution is -2.54. The maximum absolute atomic E-state index is 12.0. The highest BCUT2D eigenvalue weighted by molar-refractivity contribution is 6.35. The first-order chi connectivity index (χ1) is 9.38. The van der Waals surface area contributed by atoms with Crippen molar-refractivity contribution in [2.75, 3.05) is 18.4 Å². The van der Waals surface area contributed by atoms with Crippen molar-refractivity contribution in [3.8, 4) is 0 Å². The van der Waals surface area contributed by atoms with Crippen LogP contribution in [0, 0.1) is 11.8 Å². The summed E-state index contributed by atoms with van der Waals surface area (Å²) in [4.78, 5) is 24.3. The minimum atomic E-state index is -0.840. The highest BCUT2D eigenvalue weighted by atomic mass is 35.5. The number of carboxylic acid groups (broad SMARTS) is 1. The van der Waals surface area contributed by atoms with E-state index in [2.05, 4.69) is 5.32 Å². The molecule has 2 N–H and O–H groups in total. The Kier molecular flexibility index (Phi) is 4.40. The number of carboxylic acids is 1. The van der Waals surface area contributed by atoms with Gasteiger partial charge in [-0.3, -0.25) is 4.79 Å². The smallest absolute Gasteiger partial charge is 0.321 e. The number of benzene rings is 1. The van der Waals surface area contributed by atoms with Gasteiger partial charge in [-0.05, 0) is 18.2 Å². The summed E-state index contributed by atoms with van der Waals surface area (Å²) in [6.45, 7) is 2.51. The minimum absolute atomic E-state index is 0.00640. The van der Waals surface area contributed by atoms with Gasteiger partial charge in [0.25, 0.3) is 0 Å². The quantitative estimate of drug-likeness (QED) is 0.899. The average molecular weight is 317 g/mol. The molecule has 1 aromatic carbocycles. The Balaban J connectivity index is 1.92. The molecule has 1 saturated heterocycles. The average Bonchev–Trinajstić information content (AvgIpc) is 2.31. The maximum Gasteiger partial charge on any atom is 0.321 e. The second kappa shape index (κ2) is 5.89. The molecule has 2 rings (SSSR count). The van der Waals surface area contributed by atoms with E-state index in [1.54, 1.807) is 30.0 Å². The number of halogens is 2. The number of urea groups is 1. The van der Waals surface area contributed by atoms with Crippen LogP contribution in [0.25, 0.3) is 0 Å². The summed E-state index contributed by atoms with van der Waals surface area (Å²) in [6, 6.07) is 4.50. The predicted octanol–water partition coefficient (Wildman–Crippen LogP) is 3.18. The first-order valence-electron chi connectivity index (χ1n) is 6.12. The van der Waals surface area contributed by atoms with E-state index in [9.17, 15) is 9.59 Å². The topological polar surface area (TPSA) is 69.6 Å². The summed E-state index contributed by atoms with van der Waals surface area (Å²) < 4.78 is 0. The SMILES string of the molecule is CC(C(=O)O)C1CN(C(=O)Nc2cc(Cl)ccc2Cl)C1. The third-order valence-corrected chi connectivity index (χ3v) is 4.03. The van der Waals surface area contributed by atoms with Crippen LogP contribution in [0.5, 0.6) is 0 Å². The number of likely N-dealkylation sites (tertiary alicyclic amines) is 1. The van der Waals surface area contributed by atoms with Gasteiger partial charge in [0.15, 0.2) is 0 Å². The Labute approximate surface area is 126 Å². The van der Waals surface area contributed by atoms with Gasteiger partial charge < -0.3 is 15.3 Å². The highest BCUT2D eigenvalue weighted by Gasteiger charge is 2.37. The molecule has 0 aromatic heterocycles. The number of aliphatic carboxylic acids is 1. The summed E-state index contributed by atoms with van der Waals surface area (Å²) in [6.07, 6.45) is 0. The lowest BCUT2D eigenvalue weighted by atomic mass is 9.87. The van der Waals surface area contributed by atoms with Gasteiger partial charge in [0.1, 0.15) is 0 Å². The molecule has 1 unspecified atom stereocenters. The number of rotatable bonds is 3. The second-order valence-corrected chi connectivity index (χ2v) is 5.69. The van der Waals surface area contributed by atoms with Crippen LogP contribution in [0.3, 0.4) is 0 Å². The Morgan fingerprint density at radius 3 is 2.65 bits per heavy atom. The van der Waals surface area contributed by atoms with E-state index in [1.807, 2.05) is 0 Å². The normalized spacial score (nSPS) is 16.4. The zero-order valence-electron chi connectivity index (χ0n) is 10.8. The first-order valence-corrected chi connectivity index (χ1v) is 6.88. The molecule has 20 heavy (non-hydrogen) atoms. The van der Waals surface area contributed by atoms with E-state index in [1.165, 1.54) is 0 Å². The van der Waals surface area contributed by atoms with Crippen molar-refractivity contribution in [3.05, 3.63) is 28.2 Å². The van der Waals surface area contributed by atoms with E-state index < -0.39 is 11.9 Å². The van der Waals surface area contributed by atoms with Crippen molar-refractivity contribution in [3.63, 3.8) is 0 Å². The standard InChI is InChI=1S/C13H14Cl2N2O3/c1-7(12(18)19)8-5-17(6-8)13(20)16-11-4-9(14)2-3-10(11)15/h2-4,7-8H,5-6H2,1H3,(H,16,20)(H,18,19). The lowest BCUT2D eigenvalue weighted by molar-refractivity contribution is -0.144. The summed E-state index contributed by atoms with van der Waals surface area (Å²) >= 11 is 11.8. The molecule has 0 radical (unpaired) electrons. The van der Waals surface area contributed by atoms with E-state index in [-0.39, 0.29) is 11.9 Å². The Morgan fingerprint density at radius 2 is 2.05 bits per heavy atom. The number of nitrogens with one attached hydrogen (secondary N) is 1. The van der Waals surface area contributed by atoms with Crippen molar-refractivity contribution in [1.29, 1.82) is 0 Å². The number of carbonyl (C=O) groups excluding carboxylic acids is 1. The molecule has 0 saturated carbocycles. The Morgan fingerprint density at radius 1 is 1.40 bits per heavy atom. The summed E-state index contributed by atoms with van der Waals surface area (Å²) in [7, 11) is 0. The third kappa shape index (κ3) is 3.16. The molecule has 5 nitrogen and oxygen atoms in total. The third-order valence-electron chi connectivity index (χ3n) is 3.46. The number of nitrogens with zero attached hydrogens (tertiary/aromatic N) is 1. The molecule has 1 atom stereocenters. The minimum Gasteiger partial charge on any atom is -0.481 e. The van der Waals surface area contributed by atoms with Crippen LogP contribution in [0.1, 0.15) is 6.92 Å². The molecule has 1 aromatic rings. The fraction of sp³-hybridized carbons (Fsp3) is 0.385. The van der Waals surface area contributed by atoms with Crippen LogP contribution in [0.15, 0.2) is 18.2 Å². The summed E-state index contributed by atoms with van der Waals surface area (Å²) in [5.74, 6) is -1.30. The predicted molar refractivity (Wildman–Crippen MR) is 77.3 cm³/mol. The zero-order valence-corrected chi connectivity index (χ0v) is 12.3. The Bertz CT molecular complexity index is 544. The Hall–Kier alpha value is -1.46. The van der Waals surface area contributed by atoms with Crippen LogP contribution in [0.4, 0.5) is 10.5 Å². The van der Waals surface area contributed by atoms with E-state index in [4.69, 9.17) is 28.3 Å². The molecule has 7 heteroatoms. The van der Waals surface area contributed by atoms with E-state index >= 15 is 0 Å². The van der Waals surface area contributed by atoms with Crippen molar-refractivity contribution < 1.29 is 14.7 Å². The van der Waals surface area contributed by atoms with Crippen LogP contribution in [-0.4, -0.2) is 35.1 Å². The van der Waals surface area contributed by atoms with Crippen molar-refractivity contribution in [1.82, 2.24) is 4.90 Å². The molecule has 108 valence electrons. The number of hydrogen-bond donors (Lipinski definition) is 2. The van der Waals surface area contributed by atoms with Crippen LogP contribution in [0.2, 0.25) is 10.0 Å². The number of amides is 2. The number of anilines is 1. The summed E-state index contributed by atoms with van der Waals surface area (Å²) in [5, 5.41) is 12.4. The molecule has 1 aliphatic rings. The number of hydrogen-bond acceptors (Lipinski definition) is 2. The van der Waals surface area contributed by atoms with Gasteiger partial charge in [0.05, 0.1) is 16.6 Å². The molecule has 0 bridgehead atoms. The van der Waals surface area contributed by atoms with E-state index in [0.29, 0.717) is 28.8 Å². The van der Waals surface area contributed by atoms with Crippen LogP contribution >= 0.6 is 23.2 Å². The molecule has 1 fully saturated rings. The van der Waals surface area contributed by atoms with Crippen LogP contribution < -0.4 is 5.32 Å². The maximum atomic E-state index is 12.0. The van der Waals surface area contributed by atoms with Crippen molar-refractivity contribution in [2.45, 2.75) is 6.92 Å². The monoisotopic (exact) mass is 316 g/mol. The van der Waals surface area contributed by atoms with Crippen molar-refractivity contribution in [2.24, 2.45) is 11.8 Å². The van der Waals surface area contributed by atoms with Gasteiger partial charge in [-0.1, -0.05) is 30.1 Å². The van der Waals surface area contributed by atoms with Gasteiger partial charge in [-0.2, -0.15) is 0 Å². The molecular weight excluding hydrogens is 303 g/mol. The molecule has 0 spiro atoms. The summed E-state index contributed by atoms with van der Waals surface area (Å²) in [5.41, 5.74) is 0.443. The first kappa shape index (κ1) is 14.9. The van der Waals surface area contributed by atoms with Gasteiger partial charge in [0, 0.05) is 24.0 Å². The molecule has 1 aliphatic heterocycles. The van der Waals surface area contributed by atoms with Crippen molar-refractivity contribution >= 4 is 40.9 Å². The molecule has 0 aliphatic carbocycles. The fourth-order valence-corrected chi connectivity index (χ4v) is 2.32. The van der Waals surface area contributed by atoms with E-state index in [0.717, 1.165) is 0 Å². The van der Waals surface area contributed by atoms with Crippen LogP contribution in [-0.2, 0) is 4.79 Å². The fourth-order valence-electron chi connectivity index (χ4n) is 1.98. The molecular formula is C13H14Cl2N2O3.